The van der Waals surface area contributed by atoms with Gasteiger partial charge in [0, 0.05) is 17.7 Å². The summed E-state index contributed by atoms with van der Waals surface area (Å²) >= 11 is 0. The van der Waals surface area contributed by atoms with E-state index in [1.165, 1.54) is 0 Å². The summed E-state index contributed by atoms with van der Waals surface area (Å²) in [5, 5.41) is 0. The summed E-state index contributed by atoms with van der Waals surface area (Å²) in [7, 11) is 0. The van der Waals surface area contributed by atoms with Crippen LogP contribution in [0.5, 0.6) is 0 Å². The fraction of sp³-hybridized carbons (Fsp3) is 1.00. The van der Waals surface area contributed by atoms with E-state index in [0.717, 1.165) is 38.7 Å². The quantitative estimate of drug-likeness (QED) is 0.179. The molecule has 0 aliphatic rings. The van der Waals surface area contributed by atoms with Gasteiger partial charge in [-0.3, -0.25) is 0 Å². The minimum absolute atomic E-state index is 0.0190. The van der Waals surface area contributed by atoms with Crippen molar-refractivity contribution in [1.82, 2.24) is 0 Å². The van der Waals surface area contributed by atoms with Crippen molar-refractivity contribution >= 4 is 0 Å². The van der Waals surface area contributed by atoms with Crippen molar-refractivity contribution in [2.24, 2.45) is 34.6 Å². The van der Waals surface area contributed by atoms with Crippen LogP contribution in [0.3, 0.4) is 0 Å². The normalized spacial score (nSPS) is 18.4. The fourth-order valence-corrected chi connectivity index (χ4v) is 5.04. The van der Waals surface area contributed by atoms with Gasteiger partial charge in [-0.2, -0.15) is 0 Å². The Morgan fingerprint density at radius 2 is 0.838 bits per heavy atom. The number of rotatable bonds is 19. The van der Waals surface area contributed by atoms with Gasteiger partial charge < -0.3 is 25.7 Å². The molecule has 0 bridgehead atoms. The molecule has 0 spiro atoms. The Morgan fingerprint density at radius 3 is 1.08 bits per heavy atom. The van der Waals surface area contributed by atoms with Gasteiger partial charge in [0.15, 0.2) is 0 Å². The second-order valence-electron chi connectivity index (χ2n) is 15.6. The molecule has 0 aliphatic carbocycles. The molecular formula is C32H68N2O3. The first-order chi connectivity index (χ1) is 16.4. The molecule has 0 saturated heterocycles. The van der Waals surface area contributed by atoms with E-state index in [0.29, 0.717) is 19.1 Å². The largest absolute Gasteiger partial charge is 0.375 e. The SMILES string of the molecule is CCC(C)COC(C)(C)CC(CC)(CC(C)(C)OCC(C)C(C)(C)N)CC(C)(C)OCC(C)C(C)(C)N. The van der Waals surface area contributed by atoms with E-state index in [1.807, 2.05) is 0 Å². The summed E-state index contributed by atoms with van der Waals surface area (Å²) in [6, 6.07) is 0. The van der Waals surface area contributed by atoms with Crippen LogP contribution < -0.4 is 11.5 Å². The Hall–Kier alpha value is -0.200. The minimum atomic E-state index is -0.301. The highest BCUT2D eigenvalue weighted by Crippen LogP contribution is 2.48. The van der Waals surface area contributed by atoms with Crippen LogP contribution in [0.15, 0.2) is 0 Å². The average molecular weight is 529 g/mol. The Balaban J connectivity index is 5.95. The molecule has 224 valence electrons. The molecule has 37 heavy (non-hydrogen) atoms. The fourth-order valence-electron chi connectivity index (χ4n) is 5.04. The summed E-state index contributed by atoms with van der Waals surface area (Å²) < 4.78 is 19.7. The summed E-state index contributed by atoms with van der Waals surface area (Å²) in [4.78, 5) is 0. The van der Waals surface area contributed by atoms with Gasteiger partial charge in [0.25, 0.3) is 0 Å². The molecule has 3 atom stereocenters. The summed E-state index contributed by atoms with van der Waals surface area (Å²) in [5.41, 5.74) is 11.3. The van der Waals surface area contributed by atoms with Crippen LogP contribution in [0.1, 0.15) is 136 Å². The highest BCUT2D eigenvalue weighted by atomic mass is 16.5. The van der Waals surface area contributed by atoms with E-state index in [2.05, 4.69) is 104 Å². The van der Waals surface area contributed by atoms with Crippen LogP contribution in [0, 0.1) is 23.2 Å². The number of hydrogen-bond acceptors (Lipinski definition) is 5. The van der Waals surface area contributed by atoms with Crippen molar-refractivity contribution in [3.8, 4) is 0 Å². The van der Waals surface area contributed by atoms with Gasteiger partial charge in [0.1, 0.15) is 0 Å². The second kappa shape index (κ2) is 13.9. The molecule has 4 N–H and O–H groups in total. The van der Waals surface area contributed by atoms with Crippen LogP contribution in [0.4, 0.5) is 0 Å². The standard InChI is InChI=1S/C32H68N2O3/c1-16-24(3)18-35-27(6,7)21-32(17-2,22-28(8,9)36-19-25(4)30(12,13)33)23-29(10,11)37-20-26(5)31(14,15)34/h24-26H,16-23,33-34H2,1-15H3. The average Bonchev–Trinajstić information content (AvgIpc) is 2.71. The van der Waals surface area contributed by atoms with Gasteiger partial charge in [-0.15, -0.1) is 0 Å². The first-order valence-corrected chi connectivity index (χ1v) is 14.9. The molecule has 3 unspecified atom stereocenters. The molecule has 0 aliphatic heterocycles. The van der Waals surface area contributed by atoms with Crippen LogP contribution in [-0.4, -0.2) is 47.7 Å². The van der Waals surface area contributed by atoms with Gasteiger partial charge >= 0.3 is 0 Å². The molecular weight excluding hydrogens is 460 g/mol. The zero-order chi connectivity index (χ0) is 29.5. The lowest BCUT2D eigenvalue weighted by molar-refractivity contribution is -0.130. The third-order valence-corrected chi connectivity index (χ3v) is 8.60. The van der Waals surface area contributed by atoms with Gasteiger partial charge in [0.05, 0.1) is 30.0 Å². The lowest BCUT2D eigenvalue weighted by atomic mass is 9.65. The van der Waals surface area contributed by atoms with Crippen molar-refractivity contribution in [1.29, 1.82) is 0 Å². The highest BCUT2D eigenvalue weighted by Gasteiger charge is 2.44. The number of nitrogens with two attached hydrogens (primary N) is 2. The first-order valence-electron chi connectivity index (χ1n) is 14.9. The van der Waals surface area contributed by atoms with E-state index >= 15 is 0 Å². The smallest absolute Gasteiger partial charge is 0.0632 e. The monoisotopic (exact) mass is 529 g/mol. The molecule has 5 nitrogen and oxygen atoms in total. The highest BCUT2D eigenvalue weighted by molar-refractivity contribution is 4.95. The minimum Gasteiger partial charge on any atom is -0.375 e. The summed E-state index contributed by atoms with van der Waals surface area (Å²) in [6.07, 6.45) is 4.95. The molecule has 0 aromatic heterocycles. The third-order valence-electron chi connectivity index (χ3n) is 8.60. The molecule has 5 heteroatoms. The number of ether oxygens (including phenoxy) is 3. The molecule has 0 heterocycles. The Bertz CT molecular complexity index is 605. The number of hydrogen-bond donors (Lipinski definition) is 2. The maximum Gasteiger partial charge on any atom is 0.0632 e. The molecule has 0 radical (unpaired) electrons. The van der Waals surface area contributed by atoms with E-state index < -0.39 is 0 Å². The zero-order valence-corrected chi connectivity index (χ0v) is 27.8. The second-order valence-corrected chi connectivity index (χ2v) is 15.6. The van der Waals surface area contributed by atoms with Gasteiger partial charge in [-0.1, -0.05) is 47.5 Å². The molecule has 0 aromatic rings. The van der Waals surface area contributed by atoms with Crippen LogP contribution in [0.25, 0.3) is 0 Å². The van der Waals surface area contributed by atoms with Crippen molar-refractivity contribution in [3.05, 3.63) is 0 Å². The van der Waals surface area contributed by atoms with Gasteiger partial charge in [-0.25, -0.2) is 0 Å². The first kappa shape index (κ1) is 36.8. The molecule has 0 fully saturated rings. The van der Waals surface area contributed by atoms with Crippen molar-refractivity contribution in [3.63, 3.8) is 0 Å². The Kier molecular flexibility index (Phi) is 13.8. The molecule has 0 rings (SSSR count). The van der Waals surface area contributed by atoms with Crippen LogP contribution in [0.2, 0.25) is 0 Å². The predicted octanol–water partition coefficient (Wildman–Crippen LogP) is 7.73. The topological polar surface area (TPSA) is 79.7 Å². The zero-order valence-electron chi connectivity index (χ0n) is 27.8. The van der Waals surface area contributed by atoms with E-state index in [4.69, 9.17) is 25.7 Å². The summed E-state index contributed by atoms with van der Waals surface area (Å²) in [5.74, 6) is 1.08. The van der Waals surface area contributed by atoms with Crippen molar-refractivity contribution in [2.45, 2.75) is 164 Å². The van der Waals surface area contributed by atoms with Crippen molar-refractivity contribution in [2.75, 3.05) is 19.8 Å². The maximum atomic E-state index is 6.58. The lowest BCUT2D eigenvalue weighted by Gasteiger charge is -2.48. The maximum absolute atomic E-state index is 6.58. The molecule has 0 aromatic carbocycles. The predicted molar refractivity (Wildman–Crippen MR) is 161 cm³/mol. The van der Waals surface area contributed by atoms with E-state index in [-0.39, 0.29) is 45.1 Å². The van der Waals surface area contributed by atoms with Crippen LogP contribution >= 0.6 is 0 Å². The van der Waals surface area contributed by atoms with Crippen LogP contribution in [-0.2, 0) is 14.2 Å². The summed E-state index contributed by atoms with van der Waals surface area (Å²) in [6.45, 7) is 34.9. The Morgan fingerprint density at radius 1 is 0.541 bits per heavy atom. The van der Waals surface area contributed by atoms with Crippen molar-refractivity contribution < 1.29 is 14.2 Å². The molecule has 0 saturated carbocycles. The van der Waals surface area contributed by atoms with E-state index in [1.54, 1.807) is 0 Å². The lowest BCUT2D eigenvalue weighted by Crippen LogP contribution is -2.47. The van der Waals surface area contributed by atoms with Gasteiger partial charge in [-0.05, 0) is 112 Å². The Labute approximate surface area is 232 Å². The van der Waals surface area contributed by atoms with E-state index in [9.17, 15) is 0 Å². The third kappa shape index (κ3) is 14.7. The molecule has 0 amide bonds. The van der Waals surface area contributed by atoms with Gasteiger partial charge in [0.2, 0.25) is 0 Å².